The van der Waals surface area contributed by atoms with Crippen LogP contribution in [0, 0.1) is 0 Å². The molecule has 88 valence electrons. The maximum absolute atomic E-state index is 5.16. The van der Waals surface area contributed by atoms with Crippen LogP contribution in [0.5, 0.6) is 11.8 Å². The van der Waals surface area contributed by atoms with Crippen LogP contribution in [0.4, 0.5) is 0 Å². The average molecular weight is 222 g/mol. The molecule has 0 saturated heterocycles. The third-order valence-corrected chi connectivity index (χ3v) is 3.09. The topological polar surface area (TPSA) is 44.2 Å². The molecule has 4 heteroatoms. The highest BCUT2D eigenvalue weighted by molar-refractivity contribution is 5.22. The summed E-state index contributed by atoms with van der Waals surface area (Å²) in [7, 11) is 3.23. The molecule has 1 aliphatic rings. The van der Waals surface area contributed by atoms with Gasteiger partial charge in [0, 0.05) is 5.92 Å². The van der Waals surface area contributed by atoms with Gasteiger partial charge in [0.1, 0.15) is 5.82 Å². The van der Waals surface area contributed by atoms with Gasteiger partial charge < -0.3 is 9.47 Å². The highest BCUT2D eigenvalue weighted by atomic mass is 16.5. The second kappa shape index (κ2) is 5.14. The highest BCUT2D eigenvalue weighted by Gasteiger charge is 2.19. The van der Waals surface area contributed by atoms with Gasteiger partial charge in [-0.1, -0.05) is 19.3 Å². The summed E-state index contributed by atoms with van der Waals surface area (Å²) in [4.78, 5) is 8.82. The van der Waals surface area contributed by atoms with Crippen LogP contribution in [0.15, 0.2) is 6.07 Å². The zero-order chi connectivity index (χ0) is 11.4. The minimum atomic E-state index is 0.470. The van der Waals surface area contributed by atoms with Crippen LogP contribution in [0.2, 0.25) is 0 Å². The molecule has 0 aliphatic heterocycles. The fraction of sp³-hybridized carbons (Fsp3) is 0.667. The molecule has 16 heavy (non-hydrogen) atoms. The summed E-state index contributed by atoms with van der Waals surface area (Å²) >= 11 is 0. The summed E-state index contributed by atoms with van der Waals surface area (Å²) in [6, 6.07) is 1.71. The Morgan fingerprint density at radius 1 is 1.00 bits per heavy atom. The Bertz CT molecular complexity index is 327. The summed E-state index contributed by atoms with van der Waals surface area (Å²) in [5.41, 5.74) is 0. The van der Waals surface area contributed by atoms with Crippen molar-refractivity contribution in [1.29, 1.82) is 0 Å². The van der Waals surface area contributed by atoms with Gasteiger partial charge in [-0.05, 0) is 12.8 Å². The number of methoxy groups -OCH3 is 2. The predicted octanol–water partition coefficient (Wildman–Crippen LogP) is 2.54. The lowest BCUT2D eigenvalue weighted by molar-refractivity contribution is 0.356. The SMILES string of the molecule is COc1cc(OC)nc(C2CCCCC2)n1. The molecule has 1 aromatic heterocycles. The van der Waals surface area contributed by atoms with Crippen molar-refractivity contribution in [2.75, 3.05) is 14.2 Å². The third kappa shape index (κ3) is 2.43. The largest absolute Gasteiger partial charge is 0.481 e. The number of hydrogen-bond acceptors (Lipinski definition) is 4. The number of ether oxygens (including phenoxy) is 2. The quantitative estimate of drug-likeness (QED) is 0.788. The van der Waals surface area contributed by atoms with Crippen molar-refractivity contribution in [3.05, 3.63) is 11.9 Å². The van der Waals surface area contributed by atoms with Gasteiger partial charge in [0.05, 0.1) is 20.3 Å². The van der Waals surface area contributed by atoms with E-state index in [1.807, 2.05) is 0 Å². The first-order valence-corrected chi connectivity index (χ1v) is 5.80. The van der Waals surface area contributed by atoms with Crippen molar-refractivity contribution in [3.8, 4) is 11.8 Å². The van der Waals surface area contributed by atoms with Crippen LogP contribution in [-0.4, -0.2) is 24.2 Å². The number of rotatable bonds is 3. The molecule has 1 aromatic rings. The van der Waals surface area contributed by atoms with E-state index in [-0.39, 0.29) is 0 Å². The lowest BCUT2D eigenvalue weighted by atomic mass is 9.89. The monoisotopic (exact) mass is 222 g/mol. The van der Waals surface area contributed by atoms with Crippen LogP contribution in [0.25, 0.3) is 0 Å². The van der Waals surface area contributed by atoms with Crippen LogP contribution in [-0.2, 0) is 0 Å². The highest BCUT2D eigenvalue weighted by Crippen LogP contribution is 2.32. The van der Waals surface area contributed by atoms with Crippen molar-refractivity contribution >= 4 is 0 Å². The van der Waals surface area contributed by atoms with E-state index in [4.69, 9.17) is 9.47 Å². The summed E-state index contributed by atoms with van der Waals surface area (Å²) in [6.07, 6.45) is 6.23. The molecule has 4 nitrogen and oxygen atoms in total. The molecule has 1 saturated carbocycles. The van der Waals surface area contributed by atoms with Gasteiger partial charge in [-0.15, -0.1) is 0 Å². The van der Waals surface area contributed by atoms with E-state index >= 15 is 0 Å². The van der Waals surface area contributed by atoms with E-state index in [2.05, 4.69) is 9.97 Å². The van der Waals surface area contributed by atoms with Crippen molar-refractivity contribution in [2.24, 2.45) is 0 Å². The number of aromatic nitrogens is 2. The molecular formula is C12H18N2O2. The minimum absolute atomic E-state index is 0.470. The second-order valence-electron chi connectivity index (χ2n) is 4.15. The Balaban J connectivity index is 2.24. The molecule has 0 aromatic carbocycles. The van der Waals surface area contributed by atoms with Gasteiger partial charge in [0.2, 0.25) is 11.8 Å². The number of nitrogens with zero attached hydrogens (tertiary/aromatic N) is 2. The fourth-order valence-electron chi connectivity index (χ4n) is 2.17. The molecule has 2 rings (SSSR count). The van der Waals surface area contributed by atoms with E-state index in [0.717, 1.165) is 5.82 Å². The minimum Gasteiger partial charge on any atom is -0.481 e. The Morgan fingerprint density at radius 3 is 2.06 bits per heavy atom. The summed E-state index contributed by atoms with van der Waals surface area (Å²) in [5, 5.41) is 0. The molecule has 0 spiro atoms. The molecule has 0 radical (unpaired) electrons. The van der Waals surface area contributed by atoms with Gasteiger partial charge in [-0.2, -0.15) is 9.97 Å². The zero-order valence-corrected chi connectivity index (χ0v) is 9.90. The lowest BCUT2D eigenvalue weighted by Gasteiger charge is -2.20. The molecule has 0 atom stereocenters. The first kappa shape index (κ1) is 11.2. The molecule has 1 fully saturated rings. The van der Waals surface area contributed by atoms with Crippen LogP contribution in [0.1, 0.15) is 43.8 Å². The molecule has 1 aliphatic carbocycles. The Hall–Kier alpha value is -1.32. The zero-order valence-electron chi connectivity index (χ0n) is 9.90. The predicted molar refractivity (Wildman–Crippen MR) is 61.0 cm³/mol. The van der Waals surface area contributed by atoms with E-state index in [1.165, 1.54) is 32.1 Å². The summed E-state index contributed by atoms with van der Waals surface area (Å²) in [5.74, 6) is 2.52. The molecule has 1 heterocycles. The van der Waals surface area contributed by atoms with Gasteiger partial charge in [0.25, 0.3) is 0 Å². The maximum atomic E-state index is 5.16. The van der Waals surface area contributed by atoms with Crippen LogP contribution in [0.3, 0.4) is 0 Å². The van der Waals surface area contributed by atoms with Gasteiger partial charge in [-0.3, -0.25) is 0 Å². The number of hydrogen-bond donors (Lipinski definition) is 0. The smallest absolute Gasteiger partial charge is 0.220 e. The van der Waals surface area contributed by atoms with E-state index in [0.29, 0.717) is 17.7 Å². The Labute approximate surface area is 96.0 Å². The summed E-state index contributed by atoms with van der Waals surface area (Å²) < 4.78 is 10.3. The molecule has 0 amide bonds. The summed E-state index contributed by atoms with van der Waals surface area (Å²) in [6.45, 7) is 0. The van der Waals surface area contributed by atoms with E-state index in [1.54, 1.807) is 20.3 Å². The van der Waals surface area contributed by atoms with Gasteiger partial charge >= 0.3 is 0 Å². The van der Waals surface area contributed by atoms with Crippen molar-refractivity contribution in [1.82, 2.24) is 9.97 Å². The van der Waals surface area contributed by atoms with Crippen LogP contribution < -0.4 is 9.47 Å². The molecule has 0 N–H and O–H groups in total. The van der Waals surface area contributed by atoms with E-state index < -0.39 is 0 Å². The fourth-order valence-corrected chi connectivity index (χ4v) is 2.17. The van der Waals surface area contributed by atoms with E-state index in [9.17, 15) is 0 Å². The third-order valence-electron chi connectivity index (χ3n) is 3.09. The van der Waals surface area contributed by atoms with Gasteiger partial charge in [0.15, 0.2) is 0 Å². The second-order valence-corrected chi connectivity index (χ2v) is 4.15. The standard InChI is InChI=1S/C12H18N2O2/c1-15-10-8-11(16-2)14-12(13-10)9-6-4-3-5-7-9/h8-9H,3-7H2,1-2H3. The maximum Gasteiger partial charge on any atom is 0.220 e. The van der Waals surface area contributed by atoms with Crippen molar-refractivity contribution < 1.29 is 9.47 Å². The normalized spacial score (nSPS) is 17.1. The molecular weight excluding hydrogens is 204 g/mol. The lowest BCUT2D eigenvalue weighted by Crippen LogP contribution is -2.10. The van der Waals surface area contributed by atoms with Crippen molar-refractivity contribution in [3.63, 3.8) is 0 Å². The van der Waals surface area contributed by atoms with Crippen molar-refractivity contribution in [2.45, 2.75) is 38.0 Å². The Morgan fingerprint density at radius 2 is 1.56 bits per heavy atom. The van der Waals surface area contributed by atoms with Gasteiger partial charge in [-0.25, -0.2) is 0 Å². The molecule has 0 unspecified atom stereocenters. The average Bonchev–Trinajstić information content (AvgIpc) is 2.39. The first-order valence-electron chi connectivity index (χ1n) is 5.80. The Kier molecular flexibility index (Phi) is 3.59. The van der Waals surface area contributed by atoms with Crippen LogP contribution >= 0.6 is 0 Å². The first-order chi connectivity index (χ1) is 7.83. The molecule has 0 bridgehead atoms.